The molecule has 22 heavy (non-hydrogen) atoms. The van der Waals surface area contributed by atoms with E-state index in [0.717, 1.165) is 5.56 Å². The van der Waals surface area contributed by atoms with Gasteiger partial charge in [-0.3, -0.25) is 14.9 Å². The van der Waals surface area contributed by atoms with Crippen LogP contribution in [0, 0.1) is 10.1 Å². The Morgan fingerprint density at radius 2 is 1.86 bits per heavy atom. The minimum absolute atomic E-state index is 0.0181. The Bertz CT molecular complexity index is 727. The number of fused-ring (bicyclic) bond motifs is 1. The number of benzene rings is 2. The lowest BCUT2D eigenvalue weighted by Crippen LogP contribution is -2.20. The lowest BCUT2D eigenvalue weighted by molar-refractivity contribution is -0.384. The van der Waals surface area contributed by atoms with E-state index in [1.165, 1.54) is 24.3 Å². The maximum Gasteiger partial charge on any atom is 0.269 e. The highest BCUT2D eigenvalue weighted by molar-refractivity contribution is 5.99. The van der Waals surface area contributed by atoms with Gasteiger partial charge in [-0.25, -0.2) is 0 Å². The van der Waals surface area contributed by atoms with Crippen LogP contribution in [0.3, 0.4) is 0 Å². The fourth-order valence-corrected chi connectivity index (χ4v) is 2.68. The third-order valence-electron chi connectivity index (χ3n) is 3.83. The van der Waals surface area contributed by atoms with Gasteiger partial charge in [0.15, 0.2) is 0 Å². The molecule has 1 aliphatic rings. The standard InChI is InChI=1S/C16H14N2O4/c19-15(10-5-7-11(8-6-10)18(21)22)9-14-12-3-1-2-4-13(12)16(20)17-14/h1-8,14-15,19H,9H2,(H,17,20)/t14-,15-/m0/s1. The Morgan fingerprint density at radius 1 is 1.18 bits per heavy atom. The molecular formula is C16H14N2O4. The summed E-state index contributed by atoms with van der Waals surface area (Å²) in [6.45, 7) is 0. The Kier molecular flexibility index (Phi) is 3.60. The zero-order chi connectivity index (χ0) is 15.7. The average Bonchev–Trinajstić information content (AvgIpc) is 2.84. The van der Waals surface area contributed by atoms with Gasteiger partial charge in [0.1, 0.15) is 0 Å². The Hall–Kier alpha value is -2.73. The van der Waals surface area contributed by atoms with E-state index >= 15 is 0 Å². The highest BCUT2D eigenvalue weighted by atomic mass is 16.6. The van der Waals surface area contributed by atoms with Crippen LogP contribution in [0.1, 0.15) is 40.1 Å². The van der Waals surface area contributed by atoms with Crippen LogP contribution in [-0.2, 0) is 0 Å². The van der Waals surface area contributed by atoms with Gasteiger partial charge < -0.3 is 10.4 Å². The lowest BCUT2D eigenvalue weighted by atomic mass is 9.96. The first-order valence-corrected chi connectivity index (χ1v) is 6.88. The number of non-ortho nitro benzene ring substituents is 1. The van der Waals surface area contributed by atoms with Crippen LogP contribution in [-0.4, -0.2) is 15.9 Å². The molecule has 3 rings (SSSR count). The summed E-state index contributed by atoms with van der Waals surface area (Å²) in [5, 5.41) is 23.8. The molecule has 0 saturated heterocycles. The van der Waals surface area contributed by atoms with Crippen molar-refractivity contribution in [3.63, 3.8) is 0 Å². The van der Waals surface area contributed by atoms with Crippen molar-refractivity contribution in [3.05, 3.63) is 75.3 Å². The summed E-state index contributed by atoms with van der Waals surface area (Å²) in [5.41, 5.74) is 2.07. The third kappa shape index (κ3) is 2.56. The SMILES string of the molecule is O=C1N[C@@H](C[C@H](O)c2ccc([N+](=O)[O-])cc2)c2ccccc21. The van der Waals surface area contributed by atoms with Crippen molar-refractivity contribution in [1.29, 1.82) is 0 Å². The predicted molar refractivity (Wildman–Crippen MR) is 79.3 cm³/mol. The van der Waals surface area contributed by atoms with Crippen molar-refractivity contribution in [2.75, 3.05) is 0 Å². The van der Waals surface area contributed by atoms with Crippen LogP contribution in [0.5, 0.6) is 0 Å². The van der Waals surface area contributed by atoms with E-state index < -0.39 is 11.0 Å². The number of nitro groups is 1. The van der Waals surface area contributed by atoms with Gasteiger partial charge in [-0.2, -0.15) is 0 Å². The highest BCUT2D eigenvalue weighted by Gasteiger charge is 2.29. The van der Waals surface area contributed by atoms with E-state index in [2.05, 4.69) is 5.32 Å². The van der Waals surface area contributed by atoms with E-state index in [0.29, 0.717) is 17.5 Å². The van der Waals surface area contributed by atoms with E-state index in [4.69, 9.17) is 0 Å². The van der Waals surface area contributed by atoms with Gasteiger partial charge in [0.05, 0.1) is 17.1 Å². The fraction of sp³-hybridized carbons (Fsp3) is 0.188. The average molecular weight is 298 g/mol. The van der Waals surface area contributed by atoms with Crippen LogP contribution in [0.15, 0.2) is 48.5 Å². The quantitative estimate of drug-likeness (QED) is 0.670. The second-order valence-electron chi connectivity index (χ2n) is 5.21. The predicted octanol–water partition coefficient (Wildman–Crippen LogP) is 2.50. The fourth-order valence-electron chi connectivity index (χ4n) is 2.68. The second kappa shape index (κ2) is 5.57. The minimum atomic E-state index is -0.808. The molecule has 2 N–H and O–H groups in total. The Balaban J connectivity index is 1.76. The van der Waals surface area contributed by atoms with Crippen molar-refractivity contribution >= 4 is 11.6 Å². The molecule has 2 aromatic rings. The number of aliphatic hydroxyl groups excluding tert-OH is 1. The first kappa shape index (κ1) is 14.2. The summed E-state index contributed by atoms with van der Waals surface area (Å²) in [5.74, 6) is -0.142. The zero-order valence-corrected chi connectivity index (χ0v) is 11.6. The number of carbonyl (C=O) groups is 1. The summed E-state index contributed by atoms with van der Waals surface area (Å²) >= 11 is 0. The van der Waals surface area contributed by atoms with Gasteiger partial charge in [-0.05, 0) is 29.3 Å². The molecule has 0 spiro atoms. The lowest BCUT2D eigenvalue weighted by Gasteiger charge is -2.17. The monoisotopic (exact) mass is 298 g/mol. The molecule has 2 aromatic carbocycles. The molecule has 1 heterocycles. The largest absolute Gasteiger partial charge is 0.388 e. The number of rotatable bonds is 4. The molecule has 2 atom stereocenters. The van der Waals surface area contributed by atoms with Crippen LogP contribution in [0.4, 0.5) is 5.69 Å². The number of nitrogens with zero attached hydrogens (tertiary/aromatic N) is 1. The molecule has 0 unspecified atom stereocenters. The zero-order valence-electron chi connectivity index (χ0n) is 11.6. The first-order valence-electron chi connectivity index (χ1n) is 6.88. The molecule has 0 aliphatic carbocycles. The number of amides is 1. The van der Waals surface area contributed by atoms with Crippen LogP contribution >= 0.6 is 0 Å². The topological polar surface area (TPSA) is 92.5 Å². The number of aliphatic hydroxyl groups is 1. The molecule has 0 fully saturated rings. The van der Waals surface area contributed by atoms with Gasteiger partial charge in [0.2, 0.25) is 0 Å². The van der Waals surface area contributed by atoms with Crippen molar-refractivity contribution in [1.82, 2.24) is 5.32 Å². The summed E-state index contributed by atoms with van der Waals surface area (Å²) in [6, 6.07) is 12.8. The number of hydrogen-bond donors (Lipinski definition) is 2. The maximum atomic E-state index is 11.8. The van der Waals surface area contributed by atoms with Crippen molar-refractivity contribution in [2.24, 2.45) is 0 Å². The molecule has 6 nitrogen and oxygen atoms in total. The number of nitrogens with one attached hydrogen (secondary N) is 1. The summed E-state index contributed by atoms with van der Waals surface area (Å²) in [7, 11) is 0. The smallest absolute Gasteiger partial charge is 0.269 e. The summed E-state index contributed by atoms with van der Waals surface area (Å²) in [6.07, 6.45) is -0.488. The second-order valence-corrected chi connectivity index (χ2v) is 5.21. The first-order chi connectivity index (χ1) is 10.6. The summed E-state index contributed by atoms with van der Waals surface area (Å²) < 4.78 is 0. The van der Waals surface area contributed by atoms with Crippen LogP contribution < -0.4 is 5.32 Å². The molecule has 6 heteroatoms. The number of nitro benzene ring substituents is 1. The normalized spacial score (nSPS) is 17.7. The number of hydrogen-bond acceptors (Lipinski definition) is 4. The van der Waals surface area contributed by atoms with Gasteiger partial charge in [0.25, 0.3) is 11.6 Å². The maximum absolute atomic E-state index is 11.8. The molecule has 1 aliphatic heterocycles. The van der Waals surface area contributed by atoms with Gasteiger partial charge in [-0.15, -0.1) is 0 Å². The molecule has 112 valence electrons. The minimum Gasteiger partial charge on any atom is -0.388 e. The highest BCUT2D eigenvalue weighted by Crippen LogP contribution is 2.32. The molecule has 1 amide bonds. The molecule has 0 aromatic heterocycles. The molecule has 0 radical (unpaired) electrons. The van der Waals surface area contributed by atoms with Gasteiger partial charge >= 0.3 is 0 Å². The van der Waals surface area contributed by atoms with E-state index in [9.17, 15) is 20.0 Å². The Morgan fingerprint density at radius 3 is 2.55 bits per heavy atom. The van der Waals surface area contributed by atoms with Crippen molar-refractivity contribution in [3.8, 4) is 0 Å². The van der Waals surface area contributed by atoms with Gasteiger partial charge in [-0.1, -0.05) is 18.2 Å². The van der Waals surface area contributed by atoms with E-state index in [-0.39, 0.29) is 17.6 Å². The molecule has 0 saturated carbocycles. The Labute approximate surface area is 126 Å². The van der Waals surface area contributed by atoms with E-state index in [1.54, 1.807) is 12.1 Å². The van der Waals surface area contributed by atoms with Crippen molar-refractivity contribution in [2.45, 2.75) is 18.6 Å². The summed E-state index contributed by atoms with van der Waals surface area (Å²) in [4.78, 5) is 22.0. The van der Waals surface area contributed by atoms with Gasteiger partial charge in [0, 0.05) is 24.1 Å². The molecule has 0 bridgehead atoms. The van der Waals surface area contributed by atoms with E-state index in [1.807, 2.05) is 12.1 Å². The van der Waals surface area contributed by atoms with Crippen LogP contribution in [0.25, 0.3) is 0 Å². The molecular weight excluding hydrogens is 284 g/mol. The third-order valence-corrected chi connectivity index (χ3v) is 3.83. The number of carbonyl (C=O) groups excluding carboxylic acids is 1. The van der Waals surface area contributed by atoms with Crippen LogP contribution in [0.2, 0.25) is 0 Å². The van der Waals surface area contributed by atoms with Crippen molar-refractivity contribution < 1.29 is 14.8 Å².